The zero-order chi connectivity index (χ0) is 19.4. The van der Waals surface area contributed by atoms with Crippen molar-refractivity contribution in [1.82, 2.24) is 4.90 Å². The molecule has 2 heterocycles. The van der Waals surface area contributed by atoms with E-state index in [2.05, 4.69) is 4.90 Å². The molecule has 0 saturated carbocycles. The summed E-state index contributed by atoms with van der Waals surface area (Å²) in [6.07, 6.45) is 3.60. The highest BCUT2D eigenvalue weighted by Crippen LogP contribution is 2.78. The summed E-state index contributed by atoms with van der Waals surface area (Å²) in [5.41, 5.74) is -2.67. The minimum absolute atomic E-state index is 0.181. The molecule has 1 N–H and O–H groups in total. The standard InChI is InChI=1S/C19H22ClNO6/c1-21-6-5-16-9-18(23)15(26-4)14(25-3)17(16,21)8-11(20)19(16)12(27-18)7-10(24-2)13(19)22/h7-8,12,23H,5-6,9H2,1-4H3/t12-,16-,17-,18+,19-/m1/s1. The van der Waals surface area contributed by atoms with E-state index in [-0.39, 0.29) is 23.7 Å². The van der Waals surface area contributed by atoms with Crippen molar-refractivity contribution >= 4 is 17.4 Å². The number of ketones is 1. The third kappa shape index (κ3) is 1.44. The monoisotopic (exact) mass is 395 g/mol. The largest absolute Gasteiger partial charge is 0.495 e. The molecule has 2 aliphatic heterocycles. The third-order valence-corrected chi connectivity index (χ3v) is 7.79. The first kappa shape index (κ1) is 17.6. The molecule has 2 bridgehead atoms. The number of fused-ring (bicyclic) bond motifs is 1. The quantitative estimate of drug-likeness (QED) is 0.771. The lowest BCUT2D eigenvalue weighted by molar-refractivity contribution is -0.307. The first-order valence-corrected chi connectivity index (χ1v) is 9.31. The minimum atomic E-state index is -1.71. The molecule has 5 aliphatic rings. The van der Waals surface area contributed by atoms with Crippen LogP contribution in [0.3, 0.4) is 0 Å². The number of nitrogens with zero attached hydrogens (tertiary/aromatic N) is 1. The van der Waals surface area contributed by atoms with Crippen molar-refractivity contribution in [2.24, 2.45) is 10.8 Å². The number of ether oxygens (including phenoxy) is 4. The number of methoxy groups -OCH3 is 3. The number of likely N-dealkylation sites (N-methyl/N-ethyl adjacent to an activating group) is 1. The number of carbonyl (C=O) groups is 1. The van der Waals surface area contributed by atoms with E-state index in [4.69, 9.17) is 30.5 Å². The Labute approximate surface area is 162 Å². The van der Waals surface area contributed by atoms with Gasteiger partial charge in [0.15, 0.2) is 17.3 Å². The number of aliphatic hydroxyl groups is 1. The lowest BCUT2D eigenvalue weighted by Crippen LogP contribution is -2.71. The van der Waals surface area contributed by atoms with E-state index in [9.17, 15) is 9.90 Å². The number of allylic oxidation sites excluding steroid dienone is 1. The van der Waals surface area contributed by atoms with Crippen LogP contribution in [-0.4, -0.2) is 68.1 Å². The van der Waals surface area contributed by atoms with Crippen molar-refractivity contribution in [2.45, 2.75) is 30.3 Å². The highest BCUT2D eigenvalue weighted by atomic mass is 35.5. The normalized spacial score (nSPS) is 47.5. The molecule has 27 heavy (non-hydrogen) atoms. The maximum Gasteiger partial charge on any atom is 0.230 e. The maximum atomic E-state index is 13.6. The highest BCUT2D eigenvalue weighted by molar-refractivity contribution is 6.34. The first-order valence-electron chi connectivity index (χ1n) is 8.93. The maximum absolute atomic E-state index is 13.6. The van der Waals surface area contributed by atoms with Crippen LogP contribution in [0.4, 0.5) is 0 Å². The van der Waals surface area contributed by atoms with Gasteiger partial charge in [0, 0.05) is 16.9 Å². The second-order valence-corrected chi connectivity index (χ2v) is 8.36. The average molecular weight is 396 g/mol. The molecular weight excluding hydrogens is 374 g/mol. The second-order valence-electron chi connectivity index (χ2n) is 7.95. The SMILES string of the molecule is COC1=C[C@H]2O[C@@]3(O)C[C@]45CCN(C)[C@]4(C=C(Cl)[C@]25C1=O)C(OC)=C3OC. The van der Waals surface area contributed by atoms with Gasteiger partial charge in [-0.3, -0.25) is 9.69 Å². The molecule has 0 aromatic heterocycles. The summed E-state index contributed by atoms with van der Waals surface area (Å²) in [6, 6.07) is 0. The van der Waals surface area contributed by atoms with Crippen LogP contribution in [0.2, 0.25) is 0 Å². The number of Topliss-reactive ketones (excluding diaryl/α,β-unsaturated/α-hetero) is 1. The van der Waals surface area contributed by atoms with Gasteiger partial charge >= 0.3 is 0 Å². The van der Waals surface area contributed by atoms with Crippen molar-refractivity contribution < 1.29 is 28.8 Å². The van der Waals surface area contributed by atoms with E-state index in [0.717, 1.165) is 0 Å². The smallest absolute Gasteiger partial charge is 0.230 e. The zero-order valence-electron chi connectivity index (χ0n) is 15.7. The van der Waals surface area contributed by atoms with Gasteiger partial charge in [-0.1, -0.05) is 11.6 Å². The number of hydrogen-bond acceptors (Lipinski definition) is 7. The molecule has 5 rings (SSSR count). The van der Waals surface area contributed by atoms with Gasteiger partial charge in [0.2, 0.25) is 11.6 Å². The van der Waals surface area contributed by atoms with Gasteiger partial charge in [0.25, 0.3) is 0 Å². The molecular formula is C19H22ClNO6. The second kappa shape index (κ2) is 4.89. The fourth-order valence-corrected chi connectivity index (χ4v) is 7.04. The summed E-state index contributed by atoms with van der Waals surface area (Å²) in [5.74, 6) is -1.05. The summed E-state index contributed by atoms with van der Waals surface area (Å²) in [5, 5.41) is 11.9. The van der Waals surface area contributed by atoms with Crippen LogP contribution in [0.25, 0.3) is 0 Å². The molecule has 5 atom stereocenters. The van der Waals surface area contributed by atoms with Crippen molar-refractivity contribution in [3.8, 4) is 0 Å². The predicted molar refractivity (Wildman–Crippen MR) is 94.4 cm³/mol. The lowest BCUT2D eigenvalue weighted by Gasteiger charge is -2.61. The molecule has 2 spiro atoms. The van der Waals surface area contributed by atoms with E-state index in [0.29, 0.717) is 23.8 Å². The van der Waals surface area contributed by atoms with Crippen LogP contribution in [0.15, 0.2) is 34.5 Å². The van der Waals surface area contributed by atoms with Crippen molar-refractivity contribution in [2.75, 3.05) is 34.9 Å². The lowest BCUT2D eigenvalue weighted by atomic mass is 9.49. The van der Waals surface area contributed by atoms with Gasteiger partial charge in [0.05, 0.1) is 21.3 Å². The van der Waals surface area contributed by atoms with Crippen LogP contribution >= 0.6 is 11.6 Å². The molecule has 0 aromatic rings. The third-order valence-electron chi connectivity index (χ3n) is 7.38. The molecule has 2 fully saturated rings. The molecule has 146 valence electrons. The average Bonchev–Trinajstić information content (AvgIpc) is 3.16. The summed E-state index contributed by atoms with van der Waals surface area (Å²) >= 11 is 6.85. The van der Waals surface area contributed by atoms with E-state index in [1.54, 1.807) is 6.08 Å². The molecule has 8 heteroatoms. The van der Waals surface area contributed by atoms with Crippen molar-refractivity contribution in [3.05, 3.63) is 34.5 Å². The Kier molecular flexibility index (Phi) is 3.18. The highest BCUT2D eigenvalue weighted by Gasteiger charge is 2.85. The molecule has 2 saturated heterocycles. The van der Waals surface area contributed by atoms with E-state index in [1.165, 1.54) is 21.3 Å². The fourth-order valence-electron chi connectivity index (χ4n) is 6.51. The van der Waals surface area contributed by atoms with Crippen molar-refractivity contribution in [3.63, 3.8) is 0 Å². The molecule has 0 amide bonds. The van der Waals surface area contributed by atoms with Crippen LogP contribution in [0.1, 0.15) is 12.8 Å². The molecule has 0 aromatic carbocycles. The number of halogens is 1. The molecule has 7 nitrogen and oxygen atoms in total. The number of rotatable bonds is 3. The van der Waals surface area contributed by atoms with E-state index in [1.807, 2.05) is 13.1 Å². The van der Waals surface area contributed by atoms with E-state index >= 15 is 0 Å². The van der Waals surface area contributed by atoms with Crippen LogP contribution in [0, 0.1) is 10.8 Å². The number of carbonyl (C=O) groups excluding carboxylic acids is 1. The first-order chi connectivity index (χ1) is 12.8. The van der Waals surface area contributed by atoms with E-state index < -0.39 is 28.3 Å². The van der Waals surface area contributed by atoms with Gasteiger partial charge in [0.1, 0.15) is 17.1 Å². The Hall–Kier alpha value is -1.54. The Bertz CT molecular complexity index is 866. The summed E-state index contributed by atoms with van der Waals surface area (Å²) in [6.45, 7) is 0.713. The number of hydrogen-bond donors (Lipinski definition) is 1. The van der Waals surface area contributed by atoms with Gasteiger partial charge < -0.3 is 24.1 Å². The Morgan fingerprint density at radius 3 is 2.59 bits per heavy atom. The van der Waals surface area contributed by atoms with Crippen LogP contribution in [0.5, 0.6) is 0 Å². The molecule has 3 aliphatic carbocycles. The van der Waals surface area contributed by atoms with Gasteiger partial charge in [-0.05, 0) is 32.2 Å². The van der Waals surface area contributed by atoms with Crippen molar-refractivity contribution in [1.29, 1.82) is 0 Å². The Morgan fingerprint density at radius 1 is 1.26 bits per heavy atom. The predicted octanol–water partition coefficient (Wildman–Crippen LogP) is 1.28. The fraction of sp³-hybridized carbons (Fsp3) is 0.632. The van der Waals surface area contributed by atoms with Gasteiger partial charge in [-0.25, -0.2) is 0 Å². The number of likely N-dealkylation sites (tertiary alicyclic amines) is 1. The zero-order valence-corrected chi connectivity index (χ0v) is 16.4. The summed E-state index contributed by atoms with van der Waals surface area (Å²) in [4.78, 5) is 15.7. The van der Waals surface area contributed by atoms with Gasteiger partial charge in [-0.2, -0.15) is 0 Å². The Balaban J connectivity index is 1.90. The van der Waals surface area contributed by atoms with Gasteiger partial charge in [-0.15, -0.1) is 0 Å². The topological polar surface area (TPSA) is 77.5 Å². The Morgan fingerprint density at radius 2 is 1.96 bits per heavy atom. The molecule has 0 unspecified atom stereocenters. The van der Waals surface area contributed by atoms with Crippen LogP contribution in [-0.2, 0) is 23.7 Å². The summed E-state index contributed by atoms with van der Waals surface area (Å²) < 4.78 is 22.8. The summed E-state index contributed by atoms with van der Waals surface area (Å²) in [7, 11) is 6.44. The minimum Gasteiger partial charge on any atom is -0.495 e. The molecule has 0 radical (unpaired) electrons. The van der Waals surface area contributed by atoms with Crippen LogP contribution < -0.4 is 0 Å².